The summed E-state index contributed by atoms with van der Waals surface area (Å²) in [5, 5.41) is 12.2. The molecule has 0 amide bonds. The van der Waals surface area contributed by atoms with Crippen LogP contribution in [-0.2, 0) is 0 Å². The van der Waals surface area contributed by atoms with Gasteiger partial charge < -0.3 is 10.4 Å². The molecule has 0 bridgehead atoms. The third-order valence-corrected chi connectivity index (χ3v) is 3.59. The Morgan fingerprint density at radius 1 is 1.32 bits per heavy atom. The van der Waals surface area contributed by atoms with Crippen LogP contribution in [0.4, 0.5) is 11.5 Å². The van der Waals surface area contributed by atoms with E-state index in [1.54, 1.807) is 13.0 Å². The Morgan fingerprint density at radius 3 is 2.74 bits per heavy atom. The fourth-order valence-electron chi connectivity index (χ4n) is 1.74. The topological polar surface area (TPSA) is 62.2 Å². The van der Waals surface area contributed by atoms with Gasteiger partial charge in [-0.1, -0.05) is 22.0 Å². The van der Waals surface area contributed by atoms with Gasteiger partial charge in [-0.3, -0.25) is 0 Å². The largest absolute Gasteiger partial charge is 0.478 e. The summed E-state index contributed by atoms with van der Waals surface area (Å²) in [5.74, 6) is -0.432. The Bertz CT molecular complexity index is 641. The van der Waals surface area contributed by atoms with Gasteiger partial charge in [0.1, 0.15) is 5.82 Å². The molecule has 0 saturated carbocycles. The molecular formula is C14H13BrN2O2. The summed E-state index contributed by atoms with van der Waals surface area (Å²) in [6, 6.07) is 8.85. The highest BCUT2D eigenvalue weighted by Gasteiger charge is 2.08. The molecule has 19 heavy (non-hydrogen) atoms. The number of carboxylic acid groups (broad SMARTS) is 1. The summed E-state index contributed by atoms with van der Waals surface area (Å²) in [7, 11) is 0. The third kappa shape index (κ3) is 3.12. The molecule has 1 aromatic carbocycles. The molecule has 0 aliphatic carbocycles. The molecule has 1 aromatic heterocycles. The van der Waals surface area contributed by atoms with Crippen LogP contribution in [0.5, 0.6) is 0 Å². The van der Waals surface area contributed by atoms with E-state index < -0.39 is 5.97 Å². The van der Waals surface area contributed by atoms with E-state index in [0.29, 0.717) is 11.5 Å². The maximum atomic E-state index is 11.0. The number of pyridine rings is 1. The van der Waals surface area contributed by atoms with E-state index in [1.807, 2.05) is 25.1 Å². The van der Waals surface area contributed by atoms with E-state index in [9.17, 15) is 4.79 Å². The number of hydrogen-bond acceptors (Lipinski definition) is 3. The summed E-state index contributed by atoms with van der Waals surface area (Å²) >= 11 is 3.46. The molecule has 5 heteroatoms. The van der Waals surface area contributed by atoms with Crippen molar-refractivity contribution in [2.45, 2.75) is 13.8 Å². The molecular weight excluding hydrogens is 308 g/mol. The van der Waals surface area contributed by atoms with E-state index in [4.69, 9.17) is 5.11 Å². The summed E-state index contributed by atoms with van der Waals surface area (Å²) in [5.41, 5.74) is 2.82. The second-order valence-electron chi connectivity index (χ2n) is 4.22. The fourth-order valence-corrected chi connectivity index (χ4v) is 2.10. The number of aryl methyl sites for hydroxylation is 1. The molecule has 0 spiro atoms. The van der Waals surface area contributed by atoms with E-state index in [1.165, 1.54) is 6.07 Å². The number of halogens is 1. The maximum absolute atomic E-state index is 11.0. The quantitative estimate of drug-likeness (QED) is 0.900. The number of aromatic nitrogens is 1. The van der Waals surface area contributed by atoms with Gasteiger partial charge in [0.15, 0.2) is 0 Å². The minimum atomic E-state index is -0.959. The SMILES string of the molecule is Cc1cc(C(=O)O)cc(Nc2cccc(Br)c2C)n1. The molecule has 0 aliphatic rings. The Hall–Kier alpha value is -1.88. The Balaban J connectivity index is 2.38. The zero-order valence-corrected chi connectivity index (χ0v) is 12.2. The van der Waals surface area contributed by atoms with Gasteiger partial charge in [0.25, 0.3) is 0 Å². The lowest BCUT2D eigenvalue weighted by molar-refractivity contribution is 0.0696. The van der Waals surface area contributed by atoms with Crippen molar-refractivity contribution in [2.75, 3.05) is 5.32 Å². The molecule has 2 rings (SSSR count). The zero-order chi connectivity index (χ0) is 14.0. The van der Waals surface area contributed by atoms with E-state index in [0.717, 1.165) is 15.7 Å². The molecule has 98 valence electrons. The van der Waals surface area contributed by atoms with Gasteiger partial charge >= 0.3 is 5.97 Å². The van der Waals surface area contributed by atoms with Crippen molar-refractivity contribution in [1.29, 1.82) is 0 Å². The summed E-state index contributed by atoms with van der Waals surface area (Å²) in [4.78, 5) is 15.3. The van der Waals surface area contributed by atoms with Crippen LogP contribution in [0.3, 0.4) is 0 Å². The van der Waals surface area contributed by atoms with Crippen molar-refractivity contribution in [3.63, 3.8) is 0 Å². The van der Waals surface area contributed by atoms with Gasteiger partial charge in [-0.2, -0.15) is 0 Å². The maximum Gasteiger partial charge on any atom is 0.335 e. The number of hydrogen-bond donors (Lipinski definition) is 2. The molecule has 0 atom stereocenters. The first-order chi connectivity index (χ1) is 8.97. The predicted molar refractivity (Wildman–Crippen MR) is 78.1 cm³/mol. The standard InChI is InChI=1S/C14H13BrN2O2/c1-8-6-10(14(18)19)7-13(16-8)17-12-5-3-4-11(15)9(12)2/h3-7H,1-2H3,(H,16,17)(H,18,19). The van der Waals surface area contributed by atoms with Crippen LogP contribution >= 0.6 is 15.9 Å². The van der Waals surface area contributed by atoms with Crippen molar-refractivity contribution in [3.05, 3.63) is 51.6 Å². The van der Waals surface area contributed by atoms with Crippen LogP contribution in [0.15, 0.2) is 34.8 Å². The van der Waals surface area contributed by atoms with Crippen LogP contribution in [0.25, 0.3) is 0 Å². The third-order valence-electron chi connectivity index (χ3n) is 2.73. The van der Waals surface area contributed by atoms with Crippen molar-refractivity contribution in [2.24, 2.45) is 0 Å². The lowest BCUT2D eigenvalue weighted by Crippen LogP contribution is -2.02. The number of carboxylic acids is 1. The number of nitrogens with one attached hydrogen (secondary N) is 1. The lowest BCUT2D eigenvalue weighted by atomic mass is 10.2. The second kappa shape index (κ2) is 5.40. The number of aromatic carboxylic acids is 1. The van der Waals surface area contributed by atoms with Crippen molar-refractivity contribution >= 4 is 33.4 Å². The first-order valence-corrected chi connectivity index (χ1v) is 6.51. The fraction of sp³-hybridized carbons (Fsp3) is 0.143. The number of benzene rings is 1. The van der Waals surface area contributed by atoms with Gasteiger partial charge in [-0.15, -0.1) is 0 Å². The average Bonchev–Trinajstić information content (AvgIpc) is 2.34. The van der Waals surface area contributed by atoms with E-state index in [2.05, 4.69) is 26.2 Å². The summed E-state index contributed by atoms with van der Waals surface area (Å²) in [6.45, 7) is 3.74. The lowest BCUT2D eigenvalue weighted by Gasteiger charge is -2.11. The zero-order valence-electron chi connectivity index (χ0n) is 10.6. The van der Waals surface area contributed by atoms with Gasteiger partial charge in [-0.25, -0.2) is 9.78 Å². The summed E-state index contributed by atoms with van der Waals surface area (Å²) < 4.78 is 0.989. The van der Waals surface area contributed by atoms with Crippen molar-refractivity contribution in [1.82, 2.24) is 4.98 Å². The Morgan fingerprint density at radius 2 is 2.05 bits per heavy atom. The molecule has 0 saturated heterocycles. The number of rotatable bonds is 3. The molecule has 0 radical (unpaired) electrons. The average molecular weight is 321 g/mol. The molecule has 1 heterocycles. The smallest absolute Gasteiger partial charge is 0.335 e. The van der Waals surface area contributed by atoms with E-state index in [-0.39, 0.29) is 5.56 Å². The van der Waals surface area contributed by atoms with Crippen molar-refractivity contribution < 1.29 is 9.90 Å². The van der Waals surface area contributed by atoms with Crippen LogP contribution in [0.1, 0.15) is 21.6 Å². The van der Waals surface area contributed by atoms with Gasteiger partial charge in [0.2, 0.25) is 0 Å². The molecule has 0 aliphatic heterocycles. The van der Waals surface area contributed by atoms with Gasteiger partial charge in [-0.05, 0) is 43.7 Å². The molecule has 4 nitrogen and oxygen atoms in total. The summed E-state index contributed by atoms with van der Waals surface area (Å²) in [6.07, 6.45) is 0. The highest BCUT2D eigenvalue weighted by Crippen LogP contribution is 2.26. The van der Waals surface area contributed by atoms with Crippen LogP contribution < -0.4 is 5.32 Å². The normalized spacial score (nSPS) is 10.3. The first-order valence-electron chi connectivity index (χ1n) is 5.71. The Labute approximate surface area is 119 Å². The highest BCUT2D eigenvalue weighted by molar-refractivity contribution is 9.10. The molecule has 0 fully saturated rings. The number of nitrogens with zero attached hydrogens (tertiary/aromatic N) is 1. The van der Waals surface area contributed by atoms with E-state index >= 15 is 0 Å². The predicted octanol–water partition coefficient (Wildman–Crippen LogP) is 3.90. The first kappa shape index (κ1) is 13.5. The Kier molecular flexibility index (Phi) is 3.85. The van der Waals surface area contributed by atoms with Gasteiger partial charge in [0.05, 0.1) is 5.56 Å². The molecule has 2 aromatic rings. The van der Waals surface area contributed by atoms with Gasteiger partial charge in [0, 0.05) is 15.9 Å². The minimum Gasteiger partial charge on any atom is -0.478 e. The number of anilines is 2. The molecule has 2 N–H and O–H groups in total. The monoisotopic (exact) mass is 320 g/mol. The van der Waals surface area contributed by atoms with Crippen molar-refractivity contribution in [3.8, 4) is 0 Å². The van der Waals surface area contributed by atoms with Crippen LogP contribution in [-0.4, -0.2) is 16.1 Å². The highest BCUT2D eigenvalue weighted by atomic mass is 79.9. The molecule has 0 unspecified atom stereocenters. The number of carbonyl (C=O) groups is 1. The second-order valence-corrected chi connectivity index (χ2v) is 5.08. The van der Waals surface area contributed by atoms with Crippen LogP contribution in [0, 0.1) is 13.8 Å². The van der Waals surface area contributed by atoms with Crippen LogP contribution in [0.2, 0.25) is 0 Å². The minimum absolute atomic E-state index is 0.225.